The molecule has 1 amide bonds. The normalized spacial score (nSPS) is 11.6. The maximum absolute atomic E-state index is 13.4. The molecule has 0 saturated carbocycles. The molecule has 210 valence electrons. The average Bonchev–Trinajstić information content (AvgIpc) is 2.91. The summed E-state index contributed by atoms with van der Waals surface area (Å²) in [7, 11) is 2.86. The number of amides is 1. The highest BCUT2D eigenvalue weighted by Gasteiger charge is 2.39. The van der Waals surface area contributed by atoms with Crippen LogP contribution in [0.15, 0.2) is 66.7 Å². The Bertz CT molecular complexity index is 1220. The second kappa shape index (κ2) is 13.0. The molecule has 0 fully saturated rings. The molecule has 39 heavy (non-hydrogen) atoms. The van der Waals surface area contributed by atoms with Crippen LogP contribution in [0.1, 0.15) is 31.9 Å². The van der Waals surface area contributed by atoms with Gasteiger partial charge in [0.25, 0.3) is 5.91 Å². The minimum absolute atomic E-state index is 0.0717. The van der Waals surface area contributed by atoms with E-state index in [-0.39, 0.29) is 17.6 Å². The number of methoxy groups -OCH3 is 3. The number of carbonyl (C=O) groups excluding carboxylic acids is 1. The van der Waals surface area contributed by atoms with Crippen LogP contribution >= 0.6 is 0 Å². The molecule has 0 atom stereocenters. The van der Waals surface area contributed by atoms with E-state index >= 15 is 0 Å². The molecule has 3 aromatic rings. The average molecular weight is 552 g/mol. The lowest BCUT2D eigenvalue weighted by molar-refractivity contribution is -0.123. The maximum atomic E-state index is 13.4. The van der Waals surface area contributed by atoms with E-state index in [4.69, 9.17) is 23.4 Å². The quantitative estimate of drug-likeness (QED) is 0.230. The van der Waals surface area contributed by atoms with Crippen molar-refractivity contribution in [1.29, 1.82) is 0 Å². The lowest BCUT2D eigenvalue weighted by Gasteiger charge is -2.36. The van der Waals surface area contributed by atoms with E-state index in [9.17, 15) is 4.79 Å². The first kappa shape index (κ1) is 30.1. The maximum Gasteiger partial charge on any atom is 0.253 e. The van der Waals surface area contributed by atoms with Gasteiger partial charge in [-0.3, -0.25) is 4.79 Å². The van der Waals surface area contributed by atoms with Crippen LogP contribution in [0.25, 0.3) is 0 Å². The zero-order valence-electron chi connectivity index (χ0n) is 24.4. The number of ether oxygens (including phenoxy) is 4. The molecule has 8 heteroatoms. The third-order valence-electron chi connectivity index (χ3n) is 7.10. The standard InChI is InChI=1S/C31H41NO6Si/c1-31(2,3)39(7,8)38-28-16-11-24(29(19-28)36-6)20-32(25-12-17-27(35-5)18-13-25)30(33)22-37-21-23-9-14-26(34-4)15-10-23/h9-19H,20-22H2,1-8H3. The van der Waals surface area contributed by atoms with Crippen molar-refractivity contribution in [2.24, 2.45) is 0 Å². The lowest BCUT2D eigenvalue weighted by atomic mass is 10.1. The van der Waals surface area contributed by atoms with Crippen LogP contribution in [-0.4, -0.2) is 42.2 Å². The molecule has 3 rings (SSSR count). The Hall–Kier alpha value is -3.49. The van der Waals surface area contributed by atoms with Crippen LogP contribution in [0.2, 0.25) is 18.1 Å². The van der Waals surface area contributed by atoms with Gasteiger partial charge >= 0.3 is 0 Å². The van der Waals surface area contributed by atoms with Crippen LogP contribution in [-0.2, 0) is 22.7 Å². The molecule has 0 heterocycles. The van der Waals surface area contributed by atoms with Gasteiger partial charge in [-0.2, -0.15) is 0 Å². The second-order valence-electron chi connectivity index (χ2n) is 10.9. The Balaban J connectivity index is 1.80. The summed E-state index contributed by atoms with van der Waals surface area (Å²) in [5.74, 6) is 2.75. The second-order valence-corrected chi connectivity index (χ2v) is 15.6. The third-order valence-corrected chi connectivity index (χ3v) is 11.5. The number of hydrogen-bond donors (Lipinski definition) is 0. The van der Waals surface area contributed by atoms with Gasteiger partial charge in [0.05, 0.1) is 34.5 Å². The van der Waals surface area contributed by atoms with Gasteiger partial charge in [-0.1, -0.05) is 32.9 Å². The molecule has 0 aliphatic rings. The van der Waals surface area contributed by atoms with Gasteiger partial charge < -0.3 is 28.3 Å². The molecule has 0 aromatic heterocycles. The van der Waals surface area contributed by atoms with Gasteiger partial charge in [-0.05, 0) is 72.2 Å². The van der Waals surface area contributed by atoms with E-state index in [1.165, 1.54) is 0 Å². The smallest absolute Gasteiger partial charge is 0.253 e. The van der Waals surface area contributed by atoms with Gasteiger partial charge in [0, 0.05) is 17.3 Å². The van der Waals surface area contributed by atoms with E-state index < -0.39 is 8.32 Å². The topological polar surface area (TPSA) is 66.5 Å². The van der Waals surface area contributed by atoms with Crippen molar-refractivity contribution in [1.82, 2.24) is 0 Å². The van der Waals surface area contributed by atoms with E-state index in [0.29, 0.717) is 24.7 Å². The van der Waals surface area contributed by atoms with Crippen LogP contribution < -0.4 is 23.5 Å². The molecule has 0 radical (unpaired) electrons. The Morgan fingerprint density at radius 3 is 1.90 bits per heavy atom. The van der Waals surface area contributed by atoms with Crippen molar-refractivity contribution in [3.05, 3.63) is 77.9 Å². The summed E-state index contributed by atoms with van der Waals surface area (Å²) in [6.07, 6.45) is 0. The third kappa shape index (κ3) is 8.00. The fraction of sp³-hybridized carbons (Fsp3) is 0.387. The SMILES string of the molecule is COc1ccc(COCC(=O)N(Cc2ccc(O[Si](C)(C)C(C)(C)C)cc2OC)c2ccc(OC)cc2)cc1. The molecule has 0 unspecified atom stereocenters. The molecular weight excluding hydrogens is 510 g/mol. The Morgan fingerprint density at radius 1 is 0.795 bits per heavy atom. The summed E-state index contributed by atoms with van der Waals surface area (Å²) in [5, 5.41) is 0.0717. The molecule has 0 bridgehead atoms. The highest BCUT2D eigenvalue weighted by molar-refractivity contribution is 6.74. The van der Waals surface area contributed by atoms with Crippen LogP contribution in [0.3, 0.4) is 0 Å². The largest absolute Gasteiger partial charge is 0.543 e. The van der Waals surface area contributed by atoms with Crippen LogP contribution in [0.4, 0.5) is 5.69 Å². The molecule has 0 aliphatic carbocycles. The fourth-order valence-corrected chi connectivity index (χ4v) is 4.70. The van der Waals surface area contributed by atoms with E-state index in [1.54, 1.807) is 26.2 Å². The molecular formula is C31H41NO6Si. The molecule has 0 spiro atoms. The summed E-state index contributed by atoms with van der Waals surface area (Å²) in [6, 6.07) is 20.8. The van der Waals surface area contributed by atoms with E-state index in [2.05, 4.69) is 33.9 Å². The van der Waals surface area contributed by atoms with Crippen molar-refractivity contribution in [3.63, 3.8) is 0 Å². The predicted octanol–water partition coefficient (Wildman–Crippen LogP) is 6.85. The van der Waals surface area contributed by atoms with Gasteiger partial charge in [-0.15, -0.1) is 0 Å². The fourth-order valence-electron chi connectivity index (χ4n) is 3.68. The molecule has 0 saturated heterocycles. The van der Waals surface area contributed by atoms with Crippen LogP contribution in [0, 0.1) is 0 Å². The number of anilines is 1. The summed E-state index contributed by atoms with van der Waals surface area (Å²) in [5.41, 5.74) is 2.55. The molecule has 0 N–H and O–H groups in total. The van der Waals surface area contributed by atoms with Gasteiger partial charge in [-0.25, -0.2) is 0 Å². The van der Waals surface area contributed by atoms with Gasteiger partial charge in [0.1, 0.15) is 29.6 Å². The van der Waals surface area contributed by atoms with Crippen molar-refractivity contribution < 1.29 is 28.2 Å². The first-order valence-corrected chi connectivity index (χ1v) is 15.9. The van der Waals surface area contributed by atoms with Gasteiger partial charge in [0.2, 0.25) is 8.32 Å². The number of carbonyl (C=O) groups is 1. The first-order chi connectivity index (χ1) is 18.5. The Kier molecular flexibility index (Phi) is 10.0. The summed E-state index contributed by atoms with van der Waals surface area (Å²) >= 11 is 0. The number of nitrogens with zero attached hydrogens (tertiary/aromatic N) is 1. The summed E-state index contributed by atoms with van der Waals surface area (Å²) in [4.78, 5) is 15.1. The van der Waals surface area contributed by atoms with Crippen molar-refractivity contribution >= 4 is 19.9 Å². The lowest BCUT2D eigenvalue weighted by Crippen LogP contribution is -2.43. The van der Waals surface area contributed by atoms with Gasteiger partial charge in [0.15, 0.2) is 0 Å². The highest BCUT2D eigenvalue weighted by Crippen LogP contribution is 2.38. The number of benzene rings is 3. The predicted molar refractivity (Wildman–Crippen MR) is 158 cm³/mol. The van der Waals surface area contributed by atoms with Crippen molar-refractivity contribution in [3.8, 4) is 23.0 Å². The highest BCUT2D eigenvalue weighted by atomic mass is 28.4. The molecule has 3 aromatic carbocycles. The monoisotopic (exact) mass is 551 g/mol. The number of hydrogen-bond acceptors (Lipinski definition) is 6. The zero-order chi connectivity index (χ0) is 28.6. The first-order valence-electron chi connectivity index (χ1n) is 13.0. The summed E-state index contributed by atoms with van der Waals surface area (Å²) in [6.45, 7) is 11.6. The summed E-state index contributed by atoms with van der Waals surface area (Å²) < 4.78 is 28.5. The van der Waals surface area contributed by atoms with E-state index in [0.717, 1.165) is 28.3 Å². The number of rotatable bonds is 12. The minimum atomic E-state index is -2.01. The van der Waals surface area contributed by atoms with E-state index in [1.807, 2.05) is 66.7 Å². The molecule has 0 aliphatic heterocycles. The Morgan fingerprint density at radius 2 is 1.36 bits per heavy atom. The van der Waals surface area contributed by atoms with Crippen molar-refractivity contribution in [2.75, 3.05) is 32.8 Å². The zero-order valence-corrected chi connectivity index (χ0v) is 25.4. The van der Waals surface area contributed by atoms with Crippen LogP contribution in [0.5, 0.6) is 23.0 Å². The van der Waals surface area contributed by atoms with Crippen molar-refractivity contribution in [2.45, 2.75) is 52.1 Å². The Labute approximate surface area is 233 Å². The molecule has 7 nitrogen and oxygen atoms in total. The minimum Gasteiger partial charge on any atom is -0.543 e.